The van der Waals surface area contributed by atoms with Crippen LogP contribution in [0.4, 0.5) is 26.3 Å². The Kier molecular flexibility index (Phi) is 5.77. The van der Waals surface area contributed by atoms with E-state index in [4.69, 9.17) is 9.47 Å². The lowest BCUT2D eigenvalue weighted by Crippen LogP contribution is -2.58. The monoisotopic (exact) mass is 426 g/mol. The lowest BCUT2D eigenvalue weighted by atomic mass is 10.1. The molecule has 0 bridgehead atoms. The maximum Gasteiger partial charge on any atom is 0.406 e. The van der Waals surface area contributed by atoms with Gasteiger partial charge in [-0.2, -0.15) is 26.3 Å². The molecule has 2 fully saturated rings. The molecule has 3 rings (SSSR count). The Bertz CT molecular complexity index is 711. The van der Waals surface area contributed by atoms with Gasteiger partial charge in [-0.15, -0.1) is 0 Å². The topological polar surface area (TPSA) is 59.1 Å². The van der Waals surface area contributed by atoms with E-state index in [1.54, 1.807) is 18.2 Å². The van der Waals surface area contributed by atoms with Gasteiger partial charge < -0.3 is 19.3 Å². The zero-order valence-corrected chi connectivity index (χ0v) is 14.7. The zero-order valence-electron chi connectivity index (χ0n) is 14.7. The molecule has 2 aliphatic heterocycles. The molecule has 0 aliphatic carbocycles. The Hall–Kier alpha value is -2.34. The smallest absolute Gasteiger partial charge is 0.332 e. The Labute approximate surface area is 160 Å². The summed E-state index contributed by atoms with van der Waals surface area (Å²) in [5.41, 5.74) is 0.365. The molecule has 0 spiro atoms. The first kappa shape index (κ1) is 21.4. The number of ether oxygens (including phenoxy) is 2. The van der Waals surface area contributed by atoms with E-state index in [-0.39, 0.29) is 0 Å². The van der Waals surface area contributed by atoms with Gasteiger partial charge in [0.05, 0.1) is 0 Å². The van der Waals surface area contributed by atoms with E-state index in [1.165, 1.54) is 12.1 Å². The fraction of sp³-hybridized carbons (Fsp3) is 0.529. The first-order valence-electron chi connectivity index (χ1n) is 8.51. The van der Waals surface area contributed by atoms with Gasteiger partial charge in [-0.25, -0.2) is 0 Å². The van der Waals surface area contributed by atoms with Gasteiger partial charge in [0.15, 0.2) is 18.5 Å². The van der Waals surface area contributed by atoms with E-state index in [1.807, 2.05) is 0 Å². The highest BCUT2D eigenvalue weighted by atomic mass is 19.4. The van der Waals surface area contributed by atoms with Gasteiger partial charge in [-0.1, -0.05) is 30.3 Å². The molecule has 0 unspecified atom stereocenters. The SMILES string of the molecule is O=C1[C@H]2OC(c3ccccc3)O[C@@H]2C(=O)N(CC(F)(F)F)CCN1CC(F)(F)F. The molecule has 2 saturated heterocycles. The highest BCUT2D eigenvalue weighted by Crippen LogP contribution is 2.35. The molecule has 1 aromatic carbocycles. The minimum absolute atomic E-state index is 0.338. The fourth-order valence-electron chi connectivity index (χ4n) is 3.15. The van der Waals surface area contributed by atoms with E-state index >= 15 is 0 Å². The zero-order chi connectivity index (χ0) is 21.4. The molecular weight excluding hydrogens is 410 g/mol. The highest BCUT2D eigenvalue weighted by Gasteiger charge is 2.51. The van der Waals surface area contributed by atoms with Crippen LogP contribution >= 0.6 is 0 Å². The van der Waals surface area contributed by atoms with Crippen molar-refractivity contribution in [3.63, 3.8) is 0 Å². The summed E-state index contributed by atoms with van der Waals surface area (Å²) in [6.07, 6.45) is -14.4. The van der Waals surface area contributed by atoms with Crippen molar-refractivity contribution in [2.75, 3.05) is 26.2 Å². The summed E-state index contributed by atoms with van der Waals surface area (Å²) in [5, 5.41) is 0. The van der Waals surface area contributed by atoms with Crippen LogP contribution in [0, 0.1) is 0 Å². The van der Waals surface area contributed by atoms with Crippen molar-refractivity contribution in [2.45, 2.75) is 30.9 Å². The molecule has 2 aliphatic rings. The standard InChI is InChI=1S/C17H16F6N2O4/c18-16(19,20)8-24-6-7-25(9-17(21,22)23)14(27)12-11(13(24)26)28-15(29-12)10-4-2-1-3-5-10/h1-5,11-12,15H,6-9H2/t11-,12-/m0/s1. The summed E-state index contributed by atoms with van der Waals surface area (Å²) in [6.45, 7) is -4.80. The summed E-state index contributed by atoms with van der Waals surface area (Å²) >= 11 is 0. The molecule has 0 N–H and O–H groups in total. The van der Waals surface area contributed by atoms with Gasteiger partial charge in [0.2, 0.25) is 0 Å². The second kappa shape index (κ2) is 7.82. The predicted molar refractivity (Wildman–Crippen MR) is 84.2 cm³/mol. The van der Waals surface area contributed by atoms with E-state index < -0.39 is 68.8 Å². The molecular formula is C17H16F6N2O4. The molecule has 160 valence electrons. The number of hydrogen-bond acceptors (Lipinski definition) is 4. The maximum absolute atomic E-state index is 12.9. The van der Waals surface area contributed by atoms with E-state index in [2.05, 4.69) is 0 Å². The Morgan fingerprint density at radius 2 is 1.21 bits per heavy atom. The molecule has 0 radical (unpaired) electrons. The van der Waals surface area contributed by atoms with Gasteiger partial charge in [0.1, 0.15) is 13.1 Å². The Morgan fingerprint density at radius 1 is 0.793 bits per heavy atom. The number of halogens is 6. The summed E-state index contributed by atoms with van der Waals surface area (Å²) in [7, 11) is 0. The second-order valence-electron chi connectivity index (χ2n) is 6.61. The van der Waals surface area contributed by atoms with Gasteiger partial charge in [0, 0.05) is 18.7 Å². The van der Waals surface area contributed by atoms with Crippen molar-refractivity contribution in [1.82, 2.24) is 9.80 Å². The molecule has 1 aromatic rings. The predicted octanol–water partition coefficient (Wildman–Crippen LogP) is 2.26. The molecule has 0 saturated carbocycles. The molecule has 29 heavy (non-hydrogen) atoms. The van der Waals surface area contributed by atoms with Crippen molar-refractivity contribution in [3.05, 3.63) is 35.9 Å². The number of alkyl halides is 6. The van der Waals surface area contributed by atoms with Crippen LogP contribution in [0.15, 0.2) is 30.3 Å². The van der Waals surface area contributed by atoms with Crippen LogP contribution in [-0.4, -0.2) is 72.4 Å². The van der Waals surface area contributed by atoms with Crippen molar-refractivity contribution >= 4 is 11.8 Å². The molecule has 12 heteroatoms. The van der Waals surface area contributed by atoms with Crippen LogP contribution in [-0.2, 0) is 19.1 Å². The minimum atomic E-state index is -4.78. The van der Waals surface area contributed by atoms with Crippen LogP contribution < -0.4 is 0 Å². The Morgan fingerprint density at radius 3 is 1.59 bits per heavy atom. The first-order valence-corrected chi connectivity index (χ1v) is 8.51. The number of carbonyl (C=O) groups excluding carboxylic acids is 2. The molecule has 2 heterocycles. The van der Waals surface area contributed by atoms with Gasteiger partial charge >= 0.3 is 12.4 Å². The van der Waals surface area contributed by atoms with Crippen LogP contribution in [0.1, 0.15) is 11.9 Å². The third-order valence-electron chi connectivity index (χ3n) is 4.38. The van der Waals surface area contributed by atoms with Gasteiger partial charge in [-0.05, 0) is 0 Å². The number of nitrogens with zero attached hydrogens (tertiary/aromatic N) is 2. The number of benzene rings is 1. The van der Waals surface area contributed by atoms with E-state index in [0.29, 0.717) is 15.4 Å². The largest absolute Gasteiger partial charge is 0.406 e. The van der Waals surface area contributed by atoms with Crippen molar-refractivity contribution < 1.29 is 45.4 Å². The van der Waals surface area contributed by atoms with E-state index in [0.717, 1.165) is 0 Å². The molecule has 6 nitrogen and oxygen atoms in total. The van der Waals surface area contributed by atoms with Crippen molar-refractivity contribution in [1.29, 1.82) is 0 Å². The number of amides is 2. The average molecular weight is 426 g/mol. The minimum Gasteiger partial charge on any atom is -0.332 e. The summed E-state index contributed by atoms with van der Waals surface area (Å²) in [4.78, 5) is 25.9. The van der Waals surface area contributed by atoms with Crippen LogP contribution in [0.5, 0.6) is 0 Å². The summed E-state index contributed by atoms with van der Waals surface area (Å²) in [6, 6.07) is 7.91. The third kappa shape index (κ3) is 5.18. The number of hydrogen-bond donors (Lipinski definition) is 0. The number of fused-ring (bicyclic) bond motifs is 1. The van der Waals surface area contributed by atoms with Crippen LogP contribution in [0.25, 0.3) is 0 Å². The first-order chi connectivity index (χ1) is 13.4. The molecule has 0 aromatic heterocycles. The number of carbonyl (C=O) groups is 2. The highest BCUT2D eigenvalue weighted by molar-refractivity contribution is 5.92. The quantitative estimate of drug-likeness (QED) is 0.696. The fourth-order valence-corrected chi connectivity index (χ4v) is 3.15. The average Bonchev–Trinajstić information content (AvgIpc) is 3.06. The summed E-state index contributed by atoms with van der Waals surface area (Å²) in [5.74, 6) is -2.32. The lowest BCUT2D eigenvalue weighted by Gasteiger charge is -2.35. The summed E-state index contributed by atoms with van der Waals surface area (Å²) < 4.78 is 87.9. The van der Waals surface area contributed by atoms with Gasteiger partial charge in [-0.3, -0.25) is 9.59 Å². The third-order valence-corrected chi connectivity index (χ3v) is 4.38. The van der Waals surface area contributed by atoms with Crippen LogP contribution in [0.2, 0.25) is 0 Å². The molecule has 2 amide bonds. The van der Waals surface area contributed by atoms with E-state index in [9.17, 15) is 35.9 Å². The maximum atomic E-state index is 12.9. The normalized spacial score (nSPS) is 24.5. The van der Waals surface area contributed by atoms with Crippen molar-refractivity contribution in [2.24, 2.45) is 0 Å². The van der Waals surface area contributed by atoms with Gasteiger partial charge in [0.25, 0.3) is 11.8 Å². The number of rotatable bonds is 3. The molecule has 2 atom stereocenters. The lowest BCUT2D eigenvalue weighted by molar-refractivity contribution is -0.178. The Balaban J connectivity index is 1.91. The van der Waals surface area contributed by atoms with Crippen molar-refractivity contribution in [3.8, 4) is 0 Å². The second-order valence-corrected chi connectivity index (χ2v) is 6.61. The van der Waals surface area contributed by atoms with Crippen LogP contribution in [0.3, 0.4) is 0 Å².